The van der Waals surface area contributed by atoms with Crippen molar-refractivity contribution < 1.29 is 4.74 Å². The van der Waals surface area contributed by atoms with E-state index >= 15 is 0 Å². The molecule has 4 nitrogen and oxygen atoms in total. The first-order valence-corrected chi connectivity index (χ1v) is 7.18. The van der Waals surface area contributed by atoms with E-state index in [-0.39, 0.29) is 0 Å². The quantitative estimate of drug-likeness (QED) is 0.734. The Morgan fingerprint density at radius 3 is 2.74 bits per heavy atom. The summed E-state index contributed by atoms with van der Waals surface area (Å²) in [5.41, 5.74) is 0. The van der Waals surface area contributed by atoms with Crippen LogP contribution in [0, 0.1) is 0 Å². The standard InChI is InChI=1S/C15H25N3O/c1-17(2)10-5-13-19-14-7-11-18(12-8-14)15-6-3-4-9-16-15/h3-4,6,9,14H,5,7-8,10-13H2,1-2H3. The highest BCUT2D eigenvalue weighted by Gasteiger charge is 2.20. The maximum Gasteiger partial charge on any atom is 0.128 e. The Kier molecular flexibility index (Phi) is 5.61. The van der Waals surface area contributed by atoms with Crippen LogP contribution >= 0.6 is 0 Å². The second-order valence-corrected chi connectivity index (χ2v) is 5.40. The van der Waals surface area contributed by atoms with Gasteiger partial charge in [0.25, 0.3) is 0 Å². The van der Waals surface area contributed by atoms with Gasteiger partial charge in [0.15, 0.2) is 0 Å². The molecule has 0 atom stereocenters. The van der Waals surface area contributed by atoms with Gasteiger partial charge in [0.1, 0.15) is 5.82 Å². The monoisotopic (exact) mass is 263 g/mol. The van der Waals surface area contributed by atoms with Crippen LogP contribution in [0.3, 0.4) is 0 Å². The summed E-state index contributed by atoms with van der Waals surface area (Å²) in [4.78, 5) is 8.95. The topological polar surface area (TPSA) is 28.6 Å². The molecule has 1 aromatic heterocycles. The highest BCUT2D eigenvalue weighted by atomic mass is 16.5. The molecule has 0 aromatic carbocycles. The van der Waals surface area contributed by atoms with Crippen molar-refractivity contribution in [2.24, 2.45) is 0 Å². The molecule has 0 spiro atoms. The van der Waals surface area contributed by atoms with Crippen molar-refractivity contribution in [1.82, 2.24) is 9.88 Å². The summed E-state index contributed by atoms with van der Waals surface area (Å²) in [6.45, 7) is 4.09. The summed E-state index contributed by atoms with van der Waals surface area (Å²) in [7, 11) is 4.21. The van der Waals surface area contributed by atoms with Crippen molar-refractivity contribution >= 4 is 5.82 Å². The Bertz CT molecular complexity index is 348. The zero-order valence-electron chi connectivity index (χ0n) is 12.1. The van der Waals surface area contributed by atoms with Crippen molar-refractivity contribution in [1.29, 1.82) is 0 Å². The number of ether oxygens (including phenoxy) is 1. The van der Waals surface area contributed by atoms with E-state index in [2.05, 4.69) is 34.9 Å². The molecule has 0 aliphatic carbocycles. The highest BCUT2D eigenvalue weighted by Crippen LogP contribution is 2.19. The van der Waals surface area contributed by atoms with Gasteiger partial charge in [-0.1, -0.05) is 6.07 Å². The Balaban J connectivity index is 1.65. The minimum Gasteiger partial charge on any atom is -0.378 e. The summed E-state index contributed by atoms with van der Waals surface area (Å²) in [6.07, 6.45) is 5.63. The molecule has 106 valence electrons. The second-order valence-electron chi connectivity index (χ2n) is 5.40. The van der Waals surface area contributed by atoms with E-state index in [1.165, 1.54) is 0 Å². The van der Waals surface area contributed by atoms with Crippen LogP contribution in [-0.4, -0.2) is 56.3 Å². The summed E-state index contributed by atoms with van der Waals surface area (Å²) >= 11 is 0. The van der Waals surface area contributed by atoms with Crippen molar-refractivity contribution in [3.05, 3.63) is 24.4 Å². The number of aromatic nitrogens is 1. The maximum atomic E-state index is 5.94. The van der Waals surface area contributed by atoms with Gasteiger partial charge in [0.05, 0.1) is 6.10 Å². The molecule has 1 aliphatic rings. The zero-order chi connectivity index (χ0) is 13.5. The van der Waals surface area contributed by atoms with E-state index in [9.17, 15) is 0 Å². The van der Waals surface area contributed by atoms with E-state index in [1.54, 1.807) is 0 Å². The molecule has 19 heavy (non-hydrogen) atoms. The predicted molar refractivity (Wildman–Crippen MR) is 78.6 cm³/mol. The minimum absolute atomic E-state index is 0.433. The average Bonchev–Trinajstić information content (AvgIpc) is 2.45. The van der Waals surface area contributed by atoms with Crippen LogP contribution in [0.5, 0.6) is 0 Å². The minimum atomic E-state index is 0.433. The molecule has 0 N–H and O–H groups in total. The highest BCUT2D eigenvalue weighted by molar-refractivity contribution is 5.37. The van der Waals surface area contributed by atoms with Crippen molar-refractivity contribution in [2.75, 3.05) is 45.2 Å². The Hall–Kier alpha value is -1.13. The third-order valence-corrected chi connectivity index (χ3v) is 3.52. The van der Waals surface area contributed by atoms with Gasteiger partial charge in [-0.05, 0) is 52.0 Å². The number of piperidine rings is 1. The van der Waals surface area contributed by atoms with Gasteiger partial charge in [0.2, 0.25) is 0 Å². The molecule has 2 rings (SSSR count). The fourth-order valence-electron chi connectivity index (χ4n) is 2.42. The molecule has 0 radical (unpaired) electrons. The van der Waals surface area contributed by atoms with Crippen LogP contribution < -0.4 is 4.90 Å². The maximum absolute atomic E-state index is 5.94. The normalized spacial score (nSPS) is 17.1. The second kappa shape index (κ2) is 7.46. The SMILES string of the molecule is CN(C)CCCOC1CCN(c2ccccn2)CC1. The van der Waals surface area contributed by atoms with Gasteiger partial charge >= 0.3 is 0 Å². The summed E-state index contributed by atoms with van der Waals surface area (Å²) in [5.74, 6) is 1.09. The third-order valence-electron chi connectivity index (χ3n) is 3.52. The van der Waals surface area contributed by atoms with Crippen molar-refractivity contribution in [3.8, 4) is 0 Å². The molecular formula is C15H25N3O. The van der Waals surface area contributed by atoms with E-state index in [0.29, 0.717) is 6.10 Å². The smallest absolute Gasteiger partial charge is 0.128 e. The average molecular weight is 263 g/mol. The molecule has 0 bridgehead atoms. The van der Waals surface area contributed by atoms with E-state index < -0.39 is 0 Å². The summed E-state index contributed by atoms with van der Waals surface area (Å²) in [6, 6.07) is 6.09. The largest absolute Gasteiger partial charge is 0.378 e. The van der Waals surface area contributed by atoms with E-state index in [0.717, 1.165) is 51.3 Å². The van der Waals surface area contributed by atoms with Gasteiger partial charge < -0.3 is 14.5 Å². The third kappa shape index (κ3) is 4.80. The summed E-state index contributed by atoms with van der Waals surface area (Å²) in [5, 5.41) is 0. The van der Waals surface area contributed by atoms with Gasteiger partial charge in [-0.3, -0.25) is 0 Å². The van der Waals surface area contributed by atoms with E-state index in [1.807, 2.05) is 18.3 Å². The lowest BCUT2D eigenvalue weighted by atomic mass is 10.1. The Morgan fingerprint density at radius 1 is 1.32 bits per heavy atom. The molecule has 1 aromatic rings. The van der Waals surface area contributed by atoms with Crippen LogP contribution in [0.15, 0.2) is 24.4 Å². The van der Waals surface area contributed by atoms with Gasteiger partial charge in [-0.2, -0.15) is 0 Å². The van der Waals surface area contributed by atoms with Crippen LogP contribution in [0.25, 0.3) is 0 Å². The molecule has 0 saturated carbocycles. The predicted octanol–water partition coefficient (Wildman–Crippen LogP) is 2.02. The molecular weight excluding hydrogens is 238 g/mol. The molecule has 1 fully saturated rings. The van der Waals surface area contributed by atoms with Crippen molar-refractivity contribution in [2.45, 2.75) is 25.4 Å². The van der Waals surface area contributed by atoms with Crippen LogP contribution in [-0.2, 0) is 4.74 Å². The lowest BCUT2D eigenvalue weighted by Crippen LogP contribution is -2.37. The molecule has 0 unspecified atom stereocenters. The first kappa shape index (κ1) is 14.3. The molecule has 1 aliphatic heterocycles. The van der Waals surface area contributed by atoms with Crippen molar-refractivity contribution in [3.63, 3.8) is 0 Å². The van der Waals surface area contributed by atoms with E-state index in [4.69, 9.17) is 4.74 Å². The van der Waals surface area contributed by atoms with Crippen LogP contribution in [0.2, 0.25) is 0 Å². The van der Waals surface area contributed by atoms with Gasteiger partial charge in [-0.25, -0.2) is 4.98 Å². The number of rotatable bonds is 6. The first-order chi connectivity index (χ1) is 9.25. The lowest BCUT2D eigenvalue weighted by Gasteiger charge is -2.32. The fourth-order valence-corrected chi connectivity index (χ4v) is 2.42. The van der Waals surface area contributed by atoms with Crippen LogP contribution in [0.4, 0.5) is 5.82 Å². The number of anilines is 1. The molecule has 1 saturated heterocycles. The number of pyridine rings is 1. The molecule has 0 amide bonds. The first-order valence-electron chi connectivity index (χ1n) is 7.18. The lowest BCUT2D eigenvalue weighted by molar-refractivity contribution is 0.0332. The summed E-state index contributed by atoms with van der Waals surface area (Å²) < 4.78 is 5.94. The number of hydrogen-bond donors (Lipinski definition) is 0. The zero-order valence-corrected chi connectivity index (χ0v) is 12.1. The number of hydrogen-bond acceptors (Lipinski definition) is 4. The number of nitrogens with zero attached hydrogens (tertiary/aromatic N) is 3. The fraction of sp³-hybridized carbons (Fsp3) is 0.667. The Labute approximate surface area is 116 Å². The molecule has 2 heterocycles. The van der Waals surface area contributed by atoms with Crippen LogP contribution in [0.1, 0.15) is 19.3 Å². The molecule has 4 heteroatoms. The van der Waals surface area contributed by atoms with Gasteiger partial charge in [0, 0.05) is 25.9 Å². The van der Waals surface area contributed by atoms with Gasteiger partial charge in [-0.15, -0.1) is 0 Å². The Morgan fingerprint density at radius 2 is 2.11 bits per heavy atom.